The first-order valence-electron chi connectivity index (χ1n) is 4.55. The largest absolute Gasteiger partial charge is 0.462 e. The summed E-state index contributed by atoms with van der Waals surface area (Å²) in [6.45, 7) is 7.61. The highest BCUT2D eigenvalue weighted by molar-refractivity contribution is 5.86. The molecule has 1 unspecified atom stereocenters. The number of carbonyl (C=O) groups is 1. The van der Waals surface area contributed by atoms with Crippen molar-refractivity contribution in [3.05, 3.63) is 12.2 Å². The number of aliphatic hydroxyl groups is 1. The van der Waals surface area contributed by atoms with E-state index in [0.29, 0.717) is 18.6 Å². The monoisotopic (exact) mass is 186 g/mol. The molecule has 0 heterocycles. The maximum Gasteiger partial charge on any atom is 0.333 e. The molecule has 0 aromatic carbocycles. The van der Waals surface area contributed by atoms with E-state index in [-0.39, 0.29) is 18.5 Å². The molecule has 0 saturated heterocycles. The van der Waals surface area contributed by atoms with Crippen molar-refractivity contribution in [2.45, 2.75) is 26.7 Å². The molecule has 0 saturated carbocycles. The lowest BCUT2D eigenvalue weighted by Crippen LogP contribution is -2.12. The number of esters is 1. The van der Waals surface area contributed by atoms with Crippen molar-refractivity contribution in [1.82, 2.24) is 0 Å². The van der Waals surface area contributed by atoms with Crippen LogP contribution < -0.4 is 0 Å². The van der Waals surface area contributed by atoms with Gasteiger partial charge in [-0.2, -0.15) is 0 Å². The van der Waals surface area contributed by atoms with Crippen LogP contribution in [0.3, 0.4) is 0 Å². The summed E-state index contributed by atoms with van der Waals surface area (Å²) in [6, 6.07) is 0. The zero-order chi connectivity index (χ0) is 10.3. The van der Waals surface area contributed by atoms with Gasteiger partial charge in [-0.15, -0.1) is 0 Å². The van der Waals surface area contributed by atoms with E-state index in [0.717, 1.165) is 6.42 Å². The van der Waals surface area contributed by atoms with E-state index in [4.69, 9.17) is 9.84 Å². The van der Waals surface area contributed by atoms with E-state index < -0.39 is 0 Å². The second kappa shape index (κ2) is 6.66. The first-order valence-corrected chi connectivity index (χ1v) is 4.55. The molecule has 0 aromatic rings. The van der Waals surface area contributed by atoms with E-state index in [1.165, 1.54) is 0 Å². The third-order valence-corrected chi connectivity index (χ3v) is 1.94. The van der Waals surface area contributed by atoms with Gasteiger partial charge in [0.05, 0.1) is 6.61 Å². The minimum Gasteiger partial charge on any atom is -0.462 e. The van der Waals surface area contributed by atoms with E-state index in [9.17, 15) is 4.79 Å². The summed E-state index contributed by atoms with van der Waals surface area (Å²) in [5, 5.41) is 8.84. The maximum atomic E-state index is 10.9. The zero-order valence-electron chi connectivity index (χ0n) is 8.38. The molecule has 13 heavy (non-hydrogen) atoms. The Balaban J connectivity index is 3.54. The quantitative estimate of drug-likeness (QED) is 0.505. The van der Waals surface area contributed by atoms with Crippen LogP contribution in [-0.2, 0) is 9.53 Å². The Morgan fingerprint density at radius 1 is 1.62 bits per heavy atom. The Bertz CT molecular complexity index is 171. The van der Waals surface area contributed by atoms with E-state index in [1.54, 1.807) is 6.92 Å². The van der Waals surface area contributed by atoms with Crippen LogP contribution in [0, 0.1) is 5.92 Å². The average molecular weight is 186 g/mol. The fourth-order valence-corrected chi connectivity index (χ4v) is 0.866. The number of rotatable bonds is 6. The van der Waals surface area contributed by atoms with Crippen molar-refractivity contribution in [1.29, 1.82) is 0 Å². The molecule has 0 aliphatic rings. The standard InChI is InChI=1S/C10H18O3/c1-4-9(7-11)5-6-13-10(12)8(2)3/h9,11H,2,4-7H2,1,3H3. The molecule has 0 aromatic heterocycles. The van der Waals surface area contributed by atoms with E-state index in [2.05, 4.69) is 6.58 Å². The molecular weight excluding hydrogens is 168 g/mol. The van der Waals surface area contributed by atoms with Crippen molar-refractivity contribution in [2.24, 2.45) is 5.92 Å². The second-order valence-electron chi connectivity index (χ2n) is 3.16. The lowest BCUT2D eigenvalue weighted by molar-refractivity contribution is -0.139. The van der Waals surface area contributed by atoms with Crippen LogP contribution in [0.5, 0.6) is 0 Å². The summed E-state index contributed by atoms with van der Waals surface area (Å²) in [5.41, 5.74) is 0.414. The first-order chi connectivity index (χ1) is 6.11. The van der Waals surface area contributed by atoms with Crippen LogP contribution >= 0.6 is 0 Å². The zero-order valence-corrected chi connectivity index (χ0v) is 8.38. The molecule has 1 atom stereocenters. The van der Waals surface area contributed by atoms with Crippen LogP contribution in [0.1, 0.15) is 26.7 Å². The normalized spacial score (nSPS) is 12.2. The fourth-order valence-electron chi connectivity index (χ4n) is 0.866. The van der Waals surface area contributed by atoms with E-state index >= 15 is 0 Å². The lowest BCUT2D eigenvalue weighted by atomic mass is 10.0. The van der Waals surface area contributed by atoms with Crippen LogP contribution in [0.4, 0.5) is 0 Å². The molecule has 0 fully saturated rings. The third-order valence-electron chi connectivity index (χ3n) is 1.94. The van der Waals surface area contributed by atoms with Crippen LogP contribution in [0.2, 0.25) is 0 Å². The van der Waals surface area contributed by atoms with E-state index in [1.807, 2.05) is 6.92 Å². The van der Waals surface area contributed by atoms with Gasteiger partial charge >= 0.3 is 5.97 Å². The van der Waals surface area contributed by atoms with Gasteiger partial charge in [0.25, 0.3) is 0 Å². The number of aliphatic hydroxyl groups excluding tert-OH is 1. The molecule has 76 valence electrons. The summed E-state index contributed by atoms with van der Waals surface area (Å²) in [4.78, 5) is 10.9. The Morgan fingerprint density at radius 2 is 2.23 bits per heavy atom. The molecule has 0 amide bonds. The summed E-state index contributed by atoms with van der Waals surface area (Å²) in [7, 11) is 0. The maximum absolute atomic E-state index is 10.9. The van der Waals surface area contributed by atoms with Crippen molar-refractivity contribution < 1.29 is 14.6 Å². The van der Waals surface area contributed by atoms with Gasteiger partial charge in [-0.25, -0.2) is 4.79 Å². The summed E-state index contributed by atoms with van der Waals surface area (Å²) in [5.74, 6) is -0.120. The molecule has 0 aliphatic heterocycles. The highest BCUT2D eigenvalue weighted by Crippen LogP contribution is 2.07. The highest BCUT2D eigenvalue weighted by Gasteiger charge is 2.07. The van der Waals surface area contributed by atoms with Gasteiger partial charge in [-0.05, 0) is 19.3 Å². The molecule has 0 rings (SSSR count). The van der Waals surface area contributed by atoms with Crippen LogP contribution in [-0.4, -0.2) is 24.3 Å². The van der Waals surface area contributed by atoms with Gasteiger partial charge in [0, 0.05) is 12.2 Å². The van der Waals surface area contributed by atoms with Crippen molar-refractivity contribution in [3.8, 4) is 0 Å². The second-order valence-corrected chi connectivity index (χ2v) is 3.16. The van der Waals surface area contributed by atoms with Gasteiger partial charge in [0.1, 0.15) is 0 Å². The van der Waals surface area contributed by atoms with Gasteiger partial charge in [-0.1, -0.05) is 19.9 Å². The fraction of sp³-hybridized carbons (Fsp3) is 0.700. The minimum absolute atomic E-state index is 0.154. The van der Waals surface area contributed by atoms with Crippen molar-refractivity contribution >= 4 is 5.97 Å². The minimum atomic E-state index is -0.354. The third kappa shape index (κ3) is 5.42. The number of carbonyl (C=O) groups excluding carboxylic acids is 1. The van der Waals surface area contributed by atoms with Gasteiger partial charge in [0.2, 0.25) is 0 Å². The van der Waals surface area contributed by atoms with Crippen LogP contribution in [0.25, 0.3) is 0 Å². The smallest absolute Gasteiger partial charge is 0.333 e. The molecule has 1 N–H and O–H groups in total. The number of ether oxygens (including phenoxy) is 1. The topological polar surface area (TPSA) is 46.5 Å². The first kappa shape index (κ1) is 12.2. The molecule has 0 radical (unpaired) electrons. The molecular formula is C10H18O3. The summed E-state index contributed by atoms with van der Waals surface area (Å²) in [6.07, 6.45) is 1.62. The lowest BCUT2D eigenvalue weighted by Gasteiger charge is -2.11. The van der Waals surface area contributed by atoms with Gasteiger partial charge < -0.3 is 9.84 Å². The molecule has 3 nitrogen and oxygen atoms in total. The van der Waals surface area contributed by atoms with Gasteiger partial charge in [-0.3, -0.25) is 0 Å². The predicted octanol–water partition coefficient (Wildman–Crippen LogP) is 1.51. The highest BCUT2D eigenvalue weighted by atomic mass is 16.5. The summed E-state index contributed by atoms with van der Waals surface area (Å²) >= 11 is 0. The number of hydrogen-bond acceptors (Lipinski definition) is 3. The Kier molecular flexibility index (Phi) is 6.24. The average Bonchev–Trinajstić information content (AvgIpc) is 2.12. The Hall–Kier alpha value is -0.830. The molecule has 0 aliphatic carbocycles. The Labute approximate surface area is 79.4 Å². The molecule has 0 bridgehead atoms. The summed E-state index contributed by atoms with van der Waals surface area (Å²) < 4.78 is 4.89. The van der Waals surface area contributed by atoms with Crippen LogP contribution in [0.15, 0.2) is 12.2 Å². The predicted molar refractivity (Wildman–Crippen MR) is 51.3 cm³/mol. The van der Waals surface area contributed by atoms with Crippen molar-refractivity contribution in [2.75, 3.05) is 13.2 Å². The molecule has 3 heteroatoms. The van der Waals surface area contributed by atoms with Crippen molar-refractivity contribution in [3.63, 3.8) is 0 Å². The number of hydrogen-bond donors (Lipinski definition) is 1. The molecule has 0 spiro atoms. The Morgan fingerprint density at radius 3 is 2.62 bits per heavy atom. The van der Waals surface area contributed by atoms with Gasteiger partial charge in [0.15, 0.2) is 0 Å². The SMILES string of the molecule is C=C(C)C(=O)OCCC(CC)CO.